The highest BCUT2D eigenvalue weighted by Gasteiger charge is 2.19. The highest BCUT2D eigenvalue weighted by Crippen LogP contribution is 2.43. The topological polar surface area (TPSA) is 91.4 Å². The van der Waals surface area contributed by atoms with Gasteiger partial charge in [0.05, 0.1) is 26.3 Å². The van der Waals surface area contributed by atoms with E-state index in [1.54, 1.807) is 12.1 Å². The lowest BCUT2D eigenvalue weighted by Gasteiger charge is -2.07. The normalized spacial score (nSPS) is 11.9. The van der Waals surface area contributed by atoms with E-state index < -0.39 is 0 Å². The van der Waals surface area contributed by atoms with Gasteiger partial charge in [-0.25, -0.2) is 9.97 Å². The summed E-state index contributed by atoms with van der Waals surface area (Å²) in [4.78, 5) is 11.7. The van der Waals surface area contributed by atoms with Crippen LogP contribution in [0.25, 0.3) is 21.9 Å². The number of benzene rings is 2. The van der Waals surface area contributed by atoms with Crippen LogP contribution in [0.15, 0.2) is 59.0 Å². The molecule has 0 bridgehead atoms. The van der Waals surface area contributed by atoms with Crippen LogP contribution in [0.3, 0.4) is 0 Å². The average Bonchev–Trinajstić information content (AvgIpc) is 3.26. The maximum atomic E-state index is 10.4. The molecular formula is C23H18Cl2N6O. The number of azo groups is 1. The van der Waals surface area contributed by atoms with Gasteiger partial charge in [-0.05, 0) is 37.1 Å². The largest absolute Gasteiger partial charge is 0.493 e. The molecule has 0 saturated heterocycles. The van der Waals surface area contributed by atoms with Gasteiger partial charge in [-0.1, -0.05) is 53.5 Å². The van der Waals surface area contributed by atoms with Crippen molar-refractivity contribution in [2.75, 3.05) is 0 Å². The second-order valence-corrected chi connectivity index (χ2v) is 8.29. The van der Waals surface area contributed by atoms with Crippen molar-refractivity contribution in [2.45, 2.75) is 20.4 Å². The van der Waals surface area contributed by atoms with Crippen molar-refractivity contribution in [3.63, 3.8) is 0 Å². The third-order valence-corrected chi connectivity index (χ3v) is 6.25. The summed E-state index contributed by atoms with van der Waals surface area (Å²) in [7, 11) is 0. The Kier molecular flexibility index (Phi) is 5.07. The number of aromatic nitrogens is 4. The zero-order valence-corrected chi connectivity index (χ0v) is 18.8. The number of hydrogen-bond acceptors (Lipinski definition) is 5. The van der Waals surface area contributed by atoms with Gasteiger partial charge in [0.25, 0.3) is 0 Å². The minimum Gasteiger partial charge on any atom is -0.493 e. The fourth-order valence-electron chi connectivity index (χ4n) is 3.88. The maximum Gasteiger partial charge on any atom is 0.218 e. The van der Waals surface area contributed by atoms with Crippen LogP contribution in [-0.4, -0.2) is 24.6 Å². The number of rotatable bonds is 4. The van der Waals surface area contributed by atoms with Crippen molar-refractivity contribution in [2.24, 2.45) is 10.2 Å². The van der Waals surface area contributed by atoms with Gasteiger partial charge in [-0.15, -0.1) is 10.2 Å². The summed E-state index contributed by atoms with van der Waals surface area (Å²) in [6.07, 6.45) is 1.47. The van der Waals surface area contributed by atoms with Crippen LogP contribution in [0.1, 0.15) is 16.8 Å². The molecule has 0 fully saturated rings. The molecule has 0 aliphatic heterocycles. The van der Waals surface area contributed by atoms with Crippen molar-refractivity contribution in [1.82, 2.24) is 19.5 Å². The molecule has 3 heterocycles. The Morgan fingerprint density at radius 2 is 1.72 bits per heavy atom. The quantitative estimate of drug-likeness (QED) is 0.280. The summed E-state index contributed by atoms with van der Waals surface area (Å²) in [5.74, 6) is 0.243. The summed E-state index contributed by atoms with van der Waals surface area (Å²) in [6.45, 7) is 4.75. The third kappa shape index (κ3) is 3.30. The molecule has 7 nitrogen and oxygen atoms in total. The number of aryl methyl sites for hydroxylation is 1. The van der Waals surface area contributed by atoms with E-state index >= 15 is 0 Å². The molecule has 3 aromatic heterocycles. The fourth-order valence-corrected chi connectivity index (χ4v) is 4.33. The smallest absolute Gasteiger partial charge is 0.218 e. The van der Waals surface area contributed by atoms with Gasteiger partial charge in [0.1, 0.15) is 12.0 Å². The summed E-state index contributed by atoms with van der Waals surface area (Å²) >= 11 is 12.6. The summed E-state index contributed by atoms with van der Waals surface area (Å²) in [6, 6.07) is 13.5. The molecule has 0 spiro atoms. The van der Waals surface area contributed by atoms with Crippen LogP contribution in [0.5, 0.6) is 5.88 Å². The molecule has 0 radical (unpaired) electrons. The van der Waals surface area contributed by atoms with E-state index in [1.165, 1.54) is 11.9 Å². The van der Waals surface area contributed by atoms with E-state index in [9.17, 15) is 5.11 Å². The van der Waals surface area contributed by atoms with Crippen molar-refractivity contribution >= 4 is 56.6 Å². The maximum absolute atomic E-state index is 10.4. The van der Waals surface area contributed by atoms with Gasteiger partial charge >= 0.3 is 0 Å². The van der Waals surface area contributed by atoms with Crippen LogP contribution < -0.4 is 0 Å². The minimum atomic E-state index is -0.168. The Bertz CT molecular complexity index is 1500. The summed E-state index contributed by atoms with van der Waals surface area (Å²) in [5, 5.41) is 21.2. The van der Waals surface area contributed by atoms with Crippen LogP contribution >= 0.6 is 23.2 Å². The number of halogens is 2. The average molecular weight is 465 g/mol. The highest BCUT2D eigenvalue weighted by molar-refractivity contribution is 6.41. The highest BCUT2D eigenvalue weighted by atomic mass is 35.5. The van der Waals surface area contributed by atoms with Gasteiger partial charge in [0.15, 0.2) is 11.5 Å². The second-order valence-electron chi connectivity index (χ2n) is 7.48. The summed E-state index contributed by atoms with van der Waals surface area (Å²) < 4.78 is 2.14. The van der Waals surface area contributed by atoms with E-state index in [-0.39, 0.29) is 11.6 Å². The number of fused-ring (bicyclic) bond motifs is 2. The zero-order chi connectivity index (χ0) is 22.4. The van der Waals surface area contributed by atoms with Gasteiger partial charge < -0.3 is 14.7 Å². The van der Waals surface area contributed by atoms with Gasteiger partial charge in [-0.2, -0.15) is 0 Å². The Balaban J connectivity index is 1.63. The number of nitrogens with one attached hydrogen (secondary N) is 1. The third-order valence-electron chi connectivity index (χ3n) is 5.62. The molecule has 0 saturated carbocycles. The number of aromatic hydroxyl groups is 1. The first-order valence-corrected chi connectivity index (χ1v) is 10.7. The first-order valence-electron chi connectivity index (χ1n) is 9.90. The molecule has 0 aliphatic carbocycles. The molecule has 0 unspecified atom stereocenters. The molecule has 2 aromatic carbocycles. The zero-order valence-electron chi connectivity index (χ0n) is 17.3. The molecule has 160 valence electrons. The molecular weight excluding hydrogens is 447 g/mol. The standard InChI is InChI=1S/C23H18Cl2N6O/c1-12-13(2)31(10-14-6-4-3-5-7-14)22-17(12)21(26-11-27-22)30-29-20-18-15(24)8-9-16(25)19(18)28-23(20)32/h3-9,11,28,32H,10H2,1-2H3. The van der Waals surface area contributed by atoms with Gasteiger partial charge in [0, 0.05) is 12.2 Å². The SMILES string of the molecule is Cc1c(C)n(Cc2ccccc2)c2ncnc(N=Nc3c(O)[nH]c4c(Cl)ccc(Cl)c34)c12. The number of hydrogen-bond donors (Lipinski definition) is 2. The van der Waals surface area contributed by atoms with Crippen LogP contribution in [0.2, 0.25) is 10.0 Å². The monoisotopic (exact) mass is 464 g/mol. The fraction of sp³-hybridized carbons (Fsp3) is 0.130. The van der Waals surface area contributed by atoms with E-state index in [2.05, 4.69) is 41.9 Å². The van der Waals surface area contributed by atoms with E-state index in [1.807, 2.05) is 32.0 Å². The van der Waals surface area contributed by atoms with Crippen molar-refractivity contribution in [3.8, 4) is 5.88 Å². The number of H-pyrrole nitrogens is 1. The van der Waals surface area contributed by atoms with Crippen molar-refractivity contribution in [3.05, 3.63) is 75.7 Å². The number of aromatic amines is 1. The molecule has 0 atom stereocenters. The van der Waals surface area contributed by atoms with E-state index in [4.69, 9.17) is 23.2 Å². The predicted molar refractivity (Wildman–Crippen MR) is 127 cm³/mol. The van der Waals surface area contributed by atoms with Gasteiger partial charge in [0.2, 0.25) is 5.88 Å². The number of nitrogens with zero attached hydrogens (tertiary/aromatic N) is 5. The Morgan fingerprint density at radius 3 is 2.50 bits per heavy atom. The van der Waals surface area contributed by atoms with Crippen LogP contribution in [-0.2, 0) is 6.54 Å². The Morgan fingerprint density at radius 1 is 0.969 bits per heavy atom. The molecule has 0 aliphatic rings. The molecule has 9 heteroatoms. The lowest BCUT2D eigenvalue weighted by Crippen LogP contribution is -2.02. The van der Waals surface area contributed by atoms with Gasteiger partial charge in [-0.3, -0.25) is 0 Å². The lowest BCUT2D eigenvalue weighted by molar-refractivity contribution is 0.459. The van der Waals surface area contributed by atoms with Crippen LogP contribution in [0.4, 0.5) is 11.5 Å². The first kappa shape index (κ1) is 20.5. The van der Waals surface area contributed by atoms with Crippen molar-refractivity contribution < 1.29 is 5.11 Å². The van der Waals surface area contributed by atoms with Crippen molar-refractivity contribution in [1.29, 1.82) is 0 Å². The molecule has 5 aromatic rings. The lowest BCUT2D eigenvalue weighted by atomic mass is 10.2. The van der Waals surface area contributed by atoms with E-state index in [0.717, 1.165) is 22.3 Å². The van der Waals surface area contributed by atoms with E-state index in [0.29, 0.717) is 33.3 Å². The Labute approximate surface area is 193 Å². The first-order chi connectivity index (χ1) is 15.5. The minimum absolute atomic E-state index is 0.168. The molecule has 5 rings (SSSR count). The molecule has 32 heavy (non-hydrogen) atoms. The molecule has 0 amide bonds. The van der Waals surface area contributed by atoms with Crippen LogP contribution in [0, 0.1) is 13.8 Å². The molecule has 2 N–H and O–H groups in total. The summed E-state index contributed by atoms with van der Waals surface area (Å²) in [5.41, 5.74) is 4.75. The second kappa shape index (κ2) is 7.93. The predicted octanol–water partition coefficient (Wildman–Crippen LogP) is 7.01. The Hall–Kier alpha value is -3.42.